The van der Waals surface area contributed by atoms with Crippen molar-refractivity contribution >= 4 is 5.91 Å². The Hall–Kier alpha value is -1.72. The van der Waals surface area contributed by atoms with Crippen LogP contribution in [0.4, 0.5) is 4.39 Å². The normalized spacial score (nSPS) is 34.3. The van der Waals surface area contributed by atoms with E-state index in [1.165, 1.54) is 31.7 Å². The van der Waals surface area contributed by atoms with E-state index >= 15 is 0 Å². The van der Waals surface area contributed by atoms with Gasteiger partial charge in [0.25, 0.3) is 5.91 Å². The minimum atomic E-state index is -0.658. The van der Waals surface area contributed by atoms with Crippen molar-refractivity contribution < 1.29 is 14.4 Å². The van der Waals surface area contributed by atoms with Gasteiger partial charge in [-0.15, -0.1) is 0 Å². The van der Waals surface area contributed by atoms with Gasteiger partial charge in [-0.1, -0.05) is 18.6 Å². The molecule has 1 amide bonds. The second-order valence-electron chi connectivity index (χ2n) is 9.41. The van der Waals surface area contributed by atoms with Crippen molar-refractivity contribution in [3.8, 4) is 0 Å². The first kappa shape index (κ1) is 17.4. The van der Waals surface area contributed by atoms with Crippen LogP contribution in [0.3, 0.4) is 0 Å². The van der Waals surface area contributed by atoms with Crippen LogP contribution in [0, 0.1) is 29.0 Å². The van der Waals surface area contributed by atoms with Crippen LogP contribution in [0.25, 0.3) is 0 Å². The first-order valence-electron chi connectivity index (χ1n) is 10.2. The quantitative estimate of drug-likeness (QED) is 0.485. The zero-order chi connectivity index (χ0) is 18.8. The molecule has 0 radical (unpaired) electrons. The van der Waals surface area contributed by atoms with Gasteiger partial charge in [0.1, 0.15) is 5.82 Å². The van der Waals surface area contributed by atoms with Crippen LogP contribution in [0.1, 0.15) is 54.1 Å². The monoisotopic (exact) mass is 370 g/mol. The van der Waals surface area contributed by atoms with Crippen molar-refractivity contribution in [2.75, 3.05) is 13.1 Å². The number of nitrogens with zero attached hydrogens (tertiary/aromatic N) is 1. The van der Waals surface area contributed by atoms with Crippen molar-refractivity contribution in [2.45, 2.75) is 45.6 Å². The molecule has 5 heteroatoms. The number of fused-ring (bicyclic) bond motifs is 2. The SMILES string of the molecule is CC12CC3C=C1C(CC(CN1CCc4cc(C(=O)NO)cc(F)c4C1)C3)C2. The maximum Gasteiger partial charge on any atom is 0.274 e. The van der Waals surface area contributed by atoms with Crippen molar-refractivity contribution in [3.63, 3.8) is 0 Å². The van der Waals surface area contributed by atoms with Crippen LogP contribution in [-0.2, 0) is 13.0 Å². The van der Waals surface area contributed by atoms with Gasteiger partial charge < -0.3 is 0 Å². The molecule has 2 bridgehead atoms. The molecule has 4 aliphatic rings. The molecule has 1 aromatic carbocycles. The number of hydrogen-bond acceptors (Lipinski definition) is 3. The fourth-order valence-corrected chi connectivity index (χ4v) is 6.39. The van der Waals surface area contributed by atoms with E-state index in [9.17, 15) is 9.18 Å². The second kappa shape index (κ2) is 6.14. The number of nitrogens with one attached hydrogen (secondary N) is 1. The molecule has 3 aliphatic carbocycles. The zero-order valence-electron chi connectivity index (χ0n) is 15.8. The van der Waals surface area contributed by atoms with Crippen LogP contribution in [0.2, 0.25) is 0 Å². The average molecular weight is 370 g/mol. The van der Waals surface area contributed by atoms with E-state index < -0.39 is 5.91 Å². The maximum absolute atomic E-state index is 14.6. The molecule has 4 unspecified atom stereocenters. The summed E-state index contributed by atoms with van der Waals surface area (Å²) >= 11 is 0. The van der Waals surface area contributed by atoms with Crippen molar-refractivity contribution in [2.24, 2.45) is 23.2 Å². The maximum atomic E-state index is 14.6. The van der Waals surface area contributed by atoms with Gasteiger partial charge in [0.2, 0.25) is 0 Å². The fraction of sp³-hybridized carbons (Fsp3) is 0.591. The Kier molecular flexibility index (Phi) is 3.96. The van der Waals surface area contributed by atoms with Gasteiger partial charge in [0, 0.05) is 30.8 Å². The zero-order valence-corrected chi connectivity index (χ0v) is 15.8. The van der Waals surface area contributed by atoms with Crippen molar-refractivity contribution in [1.29, 1.82) is 0 Å². The number of hydroxylamine groups is 1. The minimum Gasteiger partial charge on any atom is -0.298 e. The summed E-state index contributed by atoms with van der Waals surface area (Å²) < 4.78 is 14.6. The van der Waals surface area contributed by atoms with E-state index in [0.717, 1.165) is 36.9 Å². The van der Waals surface area contributed by atoms with Gasteiger partial charge in [-0.2, -0.15) is 0 Å². The van der Waals surface area contributed by atoms with Gasteiger partial charge in [-0.25, -0.2) is 9.87 Å². The molecule has 1 saturated carbocycles. The highest BCUT2D eigenvalue weighted by Gasteiger charge is 2.52. The number of rotatable bonds is 3. The van der Waals surface area contributed by atoms with Gasteiger partial charge in [-0.3, -0.25) is 14.9 Å². The minimum absolute atomic E-state index is 0.183. The molecule has 1 aliphatic heterocycles. The number of halogens is 1. The molecular weight excluding hydrogens is 343 g/mol. The first-order chi connectivity index (χ1) is 12.9. The van der Waals surface area contributed by atoms with Crippen LogP contribution >= 0.6 is 0 Å². The predicted molar refractivity (Wildman–Crippen MR) is 99.8 cm³/mol. The summed E-state index contributed by atoms with van der Waals surface area (Å²) in [6, 6.07) is 2.95. The molecule has 1 fully saturated rings. The summed E-state index contributed by atoms with van der Waals surface area (Å²) in [4.78, 5) is 14.0. The Morgan fingerprint density at radius 2 is 2.22 bits per heavy atom. The molecular formula is C22H27FN2O2. The molecule has 5 rings (SSSR count). The molecule has 4 nitrogen and oxygen atoms in total. The molecule has 1 aromatic rings. The number of allylic oxidation sites excluding steroid dienone is 2. The summed E-state index contributed by atoms with van der Waals surface area (Å²) in [6.07, 6.45) is 8.59. The lowest BCUT2D eigenvalue weighted by atomic mass is 9.56. The lowest BCUT2D eigenvalue weighted by Gasteiger charge is -2.49. The van der Waals surface area contributed by atoms with E-state index in [1.807, 2.05) is 0 Å². The number of carbonyl (C=O) groups excluding carboxylic acids is 1. The van der Waals surface area contributed by atoms with Crippen LogP contribution in [0.15, 0.2) is 23.8 Å². The fourth-order valence-electron chi connectivity index (χ4n) is 6.39. The largest absolute Gasteiger partial charge is 0.298 e. The lowest BCUT2D eigenvalue weighted by molar-refractivity contribution is 0.0705. The van der Waals surface area contributed by atoms with Crippen LogP contribution < -0.4 is 5.48 Å². The molecule has 144 valence electrons. The summed E-state index contributed by atoms with van der Waals surface area (Å²) in [5, 5.41) is 8.78. The van der Waals surface area contributed by atoms with E-state index in [2.05, 4.69) is 17.9 Å². The first-order valence-corrected chi connectivity index (χ1v) is 10.2. The van der Waals surface area contributed by atoms with Crippen molar-refractivity contribution in [1.82, 2.24) is 10.4 Å². The molecule has 0 spiro atoms. The Morgan fingerprint density at radius 3 is 3.04 bits per heavy atom. The number of amides is 1. The van der Waals surface area contributed by atoms with E-state index in [1.54, 1.807) is 17.1 Å². The van der Waals surface area contributed by atoms with Gasteiger partial charge in [-0.05, 0) is 73.0 Å². The van der Waals surface area contributed by atoms with Crippen molar-refractivity contribution in [3.05, 3.63) is 46.3 Å². The summed E-state index contributed by atoms with van der Waals surface area (Å²) in [7, 11) is 0. The Labute approximate surface area is 159 Å². The third kappa shape index (κ3) is 2.83. The summed E-state index contributed by atoms with van der Waals surface area (Å²) in [5.41, 5.74) is 5.63. The number of carbonyl (C=O) groups is 1. The highest BCUT2D eigenvalue weighted by atomic mass is 19.1. The van der Waals surface area contributed by atoms with Gasteiger partial charge >= 0.3 is 0 Å². The van der Waals surface area contributed by atoms with E-state index in [4.69, 9.17) is 5.21 Å². The van der Waals surface area contributed by atoms with E-state index in [-0.39, 0.29) is 11.4 Å². The third-order valence-electron chi connectivity index (χ3n) is 7.46. The molecule has 0 saturated heterocycles. The standard InChI is InChI=1S/C22H27FN2O2/c1-22-9-13-4-14(5-17(10-22)19(22)6-13)11-25-3-2-15-7-16(21(26)24-27)8-20(23)18(15)12-25/h6-8,13-14,17,27H,2-5,9-12H2,1H3,(H,24,26). The number of benzene rings is 1. The molecule has 1 heterocycles. The van der Waals surface area contributed by atoms with Crippen LogP contribution in [0.5, 0.6) is 0 Å². The summed E-state index contributed by atoms with van der Waals surface area (Å²) in [6.45, 7) is 5.00. The summed E-state index contributed by atoms with van der Waals surface area (Å²) in [5.74, 6) is 1.24. The molecule has 27 heavy (non-hydrogen) atoms. The average Bonchev–Trinajstić information content (AvgIpc) is 2.78. The number of hydrogen-bond donors (Lipinski definition) is 2. The van der Waals surface area contributed by atoms with Gasteiger partial charge in [0.05, 0.1) is 0 Å². The Bertz CT molecular complexity index is 832. The third-order valence-corrected chi connectivity index (χ3v) is 7.46. The predicted octanol–water partition coefficient (Wildman–Crippen LogP) is 3.69. The second-order valence-corrected chi connectivity index (χ2v) is 9.41. The smallest absolute Gasteiger partial charge is 0.274 e. The Morgan fingerprint density at radius 1 is 1.37 bits per heavy atom. The molecule has 2 N–H and O–H groups in total. The highest BCUT2D eigenvalue weighted by molar-refractivity contribution is 5.93. The molecule has 4 atom stereocenters. The van der Waals surface area contributed by atoms with Gasteiger partial charge in [0.15, 0.2) is 0 Å². The van der Waals surface area contributed by atoms with Crippen LogP contribution in [-0.4, -0.2) is 29.1 Å². The molecule has 0 aromatic heterocycles. The highest BCUT2D eigenvalue weighted by Crippen LogP contribution is 2.63. The Balaban J connectivity index is 1.27. The topological polar surface area (TPSA) is 52.6 Å². The van der Waals surface area contributed by atoms with E-state index in [0.29, 0.717) is 23.4 Å². The lowest BCUT2D eigenvalue weighted by Crippen LogP contribution is -2.41.